The van der Waals surface area contributed by atoms with E-state index in [2.05, 4.69) is 42.2 Å². The lowest BCUT2D eigenvalue weighted by Gasteiger charge is -2.19. The van der Waals surface area contributed by atoms with Crippen molar-refractivity contribution in [1.29, 1.82) is 0 Å². The summed E-state index contributed by atoms with van der Waals surface area (Å²) in [6.07, 6.45) is 8.28. The van der Waals surface area contributed by atoms with Crippen LogP contribution in [0.2, 0.25) is 0 Å². The van der Waals surface area contributed by atoms with Gasteiger partial charge in [0, 0.05) is 48.9 Å². The number of nitrogens with zero attached hydrogens (tertiary/aromatic N) is 7. The van der Waals surface area contributed by atoms with Crippen molar-refractivity contribution in [2.24, 2.45) is 0 Å². The van der Waals surface area contributed by atoms with Crippen LogP contribution in [0.1, 0.15) is 6.42 Å². The molecule has 1 aliphatic heterocycles. The second-order valence-corrected chi connectivity index (χ2v) is 9.81. The molecule has 1 atom stereocenters. The van der Waals surface area contributed by atoms with Crippen LogP contribution in [0.4, 0.5) is 21.6 Å². The first-order valence-electron chi connectivity index (χ1n) is 13.6. The van der Waals surface area contributed by atoms with Gasteiger partial charge in [0.2, 0.25) is 11.8 Å². The van der Waals surface area contributed by atoms with Gasteiger partial charge in [-0.2, -0.15) is 0 Å². The highest BCUT2D eigenvalue weighted by Crippen LogP contribution is 2.35. The summed E-state index contributed by atoms with van der Waals surface area (Å²) in [6, 6.07) is 9.98. The number of likely N-dealkylation sites (tertiary alicyclic amines) is 1. The van der Waals surface area contributed by atoms with Gasteiger partial charge in [-0.3, -0.25) is 4.79 Å². The number of rotatable bonds is 10. The molecule has 0 bridgehead atoms. The summed E-state index contributed by atoms with van der Waals surface area (Å²) in [4.78, 5) is 30.6. The number of nitrogens with one attached hydrogen (secondary N) is 2. The predicted molar refractivity (Wildman–Crippen MR) is 160 cm³/mol. The minimum Gasteiger partial charge on any atom is -0.495 e. The summed E-state index contributed by atoms with van der Waals surface area (Å²) < 4.78 is 33.1. The van der Waals surface area contributed by atoms with E-state index in [1.807, 2.05) is 6.07 Å². The summed E-state index contributed by atoms with van der Waals surface area (Å²) in [7, 11) is 3.06. The lowest BCUT2D eigenvalue weighted by Crippen LogP contribution is -2.30. The molecule has 6 rings (SSSR count). The molecule has 4 heterocycles. The molecule has 1 fully saturated rings. The van der Waals surface area contributed by atoms with E-state index in [9.17, 15) is 4.79 Å². The van der Waals surface area contributed by atoms with Crippen molar-refractivity contribution >= 4 is 34.0 Å². The summed E-state index contributed by atoms with van der Waals surface area (Å²) in [5.74, 6) is 0.858. The molecule has 0 spiro atoms. The van der Waals surface area contributed by atoms with Gasteiger partial charge < -0.3 is 29.7 Å². The molecular formula is C30H28FN9O4. The lowest BCUT2D eigenvalue weighted by atomic mass is 10.1. The third-order valence-electron chi connectivity index (χ3n) is 7.03. The Bertz CT molecular complexity index is 1830. The molecule has 0 aliphatic carbocycles. The minimum absolute atomic E-state index is 0.0206. The van der Waals surface area contributed by atoms with Crippen LogP contribution in [0.3, 0.4) is 0 Å². The second-order valence-electron chi connectivity index (χ2n) is 9.81. The lowest BCUT2D eigenvalue weighted by molar-refractivity contribution is -0.125. The zero-order valence-electron chi connectivity index (χ0n) is 23.9. The third kappa shape index (κ3) is 5.90. The maximum atomic E-state index is 15.3. The molecule has 13 nitrogen and oxygen atoms in total. The Kier molecular flexibility index (Phi) is 7.86. The van der Waals surface area contributed by atoms with Crippen LogP contribution in [0.25, 0.3) is 16.6 Å². The van der Waals surface area contributed by atoms with Gasteiger partial charge in [-0.1, -0.05) is 6.58 Å². The van der Waals surface area contributed by atoms with Gasteiger partial charge in [0.25, 0.3) is 0 Å². The van der Waals surface area contributed by atoms with Crippen LogP contribution in [-0.4, -0.2) is 73.9 Å². The Morgan fingerprint density at radius 3 is 2.66 bits per heavy atom. The number of anilines is 3. The maximum Gasteiger partial charge on any atom is 0.316 e. The van der Waals surface area contributed by atoms with Crippen molar-refractivity contribution in [1.82, 2.24) is 34.6 Å². The number of hydrogen-bond donors (Lipinski definition) is 2. The van der Waals surface area contributed by atoms with Gasteiger partial charge in [0.15, 0.2) is 0 Å². The van der Waals surface area contributed by atoms with Crippen LogP contribution in [0.15, 0.2) is 74.0 Å². The molecular weight excluding hydrogens is 569 g/mol. The molecule has 0 saturated carbocycles. The van der Waals surface area contributed by atoms with Gasteiger partial charge >= 0.3 is 6.01 Å². The molecule has 5 aromatic rings. The first-order valence-corrected chi connectivity index (χ1v) is 13.6. The normalized spacial score (nSPS) is 14.3. The Labute approximate surface area is 251 Å². The summed E-state index contributed by atoms with van der Waals surface area (Å²) in [5.41, 5.74) is 2.11. The minimum atomic E-state index is -0.554. The Balaban J connectivity index is 1.19. The van der Waals surface area contributed by atoms with Crippen LogP contribution in [-0.2, 0) is 4.79 Å². The molecule has 2 aromatic carbocycles. The Morgan fingerprint density at radius 2 is 1.91 bits per heavy atom. The van der Waals surface area contributed by atoms with E-state index in [1.165, 1.54) is 30.3 Å². The average Bonchev–Trinajstić information content (AvgIpc) is 3.72. The molecule has 1 saturated heterocycles. The molecule has 2 N–H and O–H groups in total. The molecule has 1 aliphatic rings. The number of halogens is 1. The zero-order valence-corrected chi connectivity index (χ0v) is 23.9. The van der Waals surface area contributed by atoms with Gasteiger partial charge in [-0.15, -0.1) is 5.10 Å². The number of benzene rings is 2. The highest BCUT2D eigenvalue weighted by atomic mass is 19.1. The summed E-state index contributed by atoms with van der Waals surface area (Å²) in [5, 5.41) is 11.5. The topological polar surface area (TPSA) is 141 Å². The van der Waals surface area contributed by atoms with Gasteiger partial charge in [0.05, 0.1) is 43.5 Å². The van der Waals surface area contributed by atoms with E-state index in [4.69, 9.17) is 14.2 Å². The maximum absolute atomic E-state index is 15.3. The summed E-state index contributed by atoms with van der Waals surface area (Å²) >= 11 is 0. The number of carbonyl (C=O) groups is 1. The van der Waals surface area contributed by atoms with Crippen molar-refractivity contribution in [3.8, 4) is 29.1 Å². The third-order valence-corrected chi connectivity index (χ3v) is 7.03. The van der Waals surface area contributed by atoms with Crippen LogP contribution in [0, 0.1) is 5.82 Å². The molecule has 1 amide bonds. The fourth-order valence-electron chi connectivity index (χ4n) is 4.84. The number of amides is 1. The number of ether oxygens (including phenoxy) is 3. The van der Waals surface area contributed by atoms with Gasteiger partial charge in [-0.05, 0) is 30.7 Å². The molecule has 0 unspecified atom stereocenters. The highest BCUT2D eigenvalue weighted by Gasteiger charge is 2.26. The van der Waals surface area contributed by atoms with Crippen molar-refractivity contribution in [3.63, 3.8) is 0 Å². The molecule has 224 valence electrons. The molecule has 0 radical (unpaired) electrons. The number of aromatic nitrogens is 6. The average molecular weight is 598 g/mol. The standard InChI is InChI=1S/C30H28FN9O4/c1-4-28(41)39-9-7-18(16-39)36-25-12-21-24(13-26(25)42-2)34-17-35-29(21)37-23-6-5-20(11-22(23)31)44-27-8-10-40(38-27)19-14-32-30(43-3)33-15-19/h4-6,8,10-15,17-18,36H,1,7,9,16H2,2-3H3,(H,34,35,37)/t18-/m1/s1. The quantitative estimate of drug-likeness (QED) is 0.220. The van der Waals surface area contributed by atoms with Crippen molar-refractivity contribution in [2.75, 3.05) is 37.9 Å². The number of fused-ring (bicyclic) bond motifs is 1. The Morgan fingerprint density at radius 1 is 1.07 bits per heavy atom. The zero-order chi connectivity index (χ0) is 30.6. The second kappa shape index (κ2) is 12.2. The van der Waals surface area contributed by atoms with E-state index >= 15 is 4.39 Å². The van der Waals surface area contributed by atoms with Crippen molar-refractivity contribution in [3.05, 3.63) is 79.8 Å². The SMILES string of the molecule is C=CC(=O)N1CC[C@@H](Nc2cc3c(Nc4ccc(Oc5ccn(-c6cnc(OC)nc6)n5)cc4F)ncnc3cc2OC)C1. The van der Waals surface area contributed by atoms with Gasteiger partial charge in [-0.25, -0.2) is 29.0 Å². The summed E-state index contributed by atoms with van der Waals surface area (Å²) in [6.45, 7) is 4.74. The van der Waals surface area contributed by atoms with E-state index in [1.54, 1.807) is 54.9 Å². The van der Waals surface area contributed by atoms with Gasteiger partial charge in [0.1, 0.15) is 35.1 Å². The van der Waals surface area contributed by atoms with E-state index in [0.29, 0.717) is 46.9 Å². The number of methoxy groups -OCH3 is 2. The van der Waals surface area contributed by atoms with Crippen LogP contribution in [0.5, 0.6) is 23.4 Å². The first-order chi connectivity index (χ1) is 21.4. The molecule has 44 heavy (non-hydrogen) atoms. The largest absolute Gasteiger partial charge is 0.495 e. The fourth-order valence-corrected chi connectivity index (χ4v) is 4.84. The number of carbonyl (C=O) groups excluding carboxylic acids is 1. The first kappa shape index (κ1) is 28.3. The Hall–Kier alpha value is -5.79. The smallest absolute Gasteiger partial charge is 0.316 e. The van der Waals surface area contributed by atoms with Crippen LogP contribution >= 0.6 is 0 Å². The fraction of sp³-hybridized carbons (Fsp3) is 0.200. The van der Waals surface area contributed by atoms with Crippen molar-refractivity contribution in [2.45, 2.75) is 12.5 Å². The number of hydrogen-bond acceptors (Lipinski definition) is 11. The molecule has 3 aromatic heterocycles. The monoisotopic (exact) mass is 597 g/mol. The van der Waals surface area contributed by atoms with E-state index < -0.39 is 5.82 Å². The van der Waals surface area contributed by atoms with E-state index in [0.717, 1.165) is 6.42 Å². The molecule has 14 heteroatoms. The van der Waals surface area contributed by atoms with Crippen molar-refractivity contribution < 1.29 is 23.4 Å². The predicted octanol–water partition coefficient (Wildman–Crippen LogP) is 4.50. The highest BCUT2D eigenvalue weighted by molar-refractivity contribution is 5.95. The van der Waals surface area contributed by atoms with Crippen LogP contribution < -0.4 is 24.8 Å². The van der Waals surface area contributed by atoms with E-state index in [-0.39, 0.29) is 35.3 Å².